The molecule has 0 spiro atoms. The van der Waals surface area contributed by atoms with Gasteiger partial charge in [-0.15, -0.1) is 0 Å². The quantitative estimate of drug-likeness (QED) is 0.456. The fourth-order valence-corrected chi connectivity index (χ4v) is 5.88. The SMILES string of the molecule is COc1ccc(N2CCN(S(=O)(=O)c3ccc(OC)c(NC(=O)c4ccc(Cl)cc4Cl)c3)CC2)cc1. The number of ether oxygens (including phenoxy) is 2. The molecule has 1 amide bonds. The van der Waals surface area contributed by atoms with E-state index < -0.39 is 15.9 Å². The summed E-state index contributed by atoms with van der Waals surface area (Å²) in [5.74, 6) is 0.565. The molecule has 0 atom stereocenters. The average Bonchev–Trinajstić information content (AvgIpc) is 2.88. The zero-order valence-corrected chi connectivity index (χ0v) is 22.0. The third kappa shape index (κ3) is 5.54. The number of benzene rings is 3. The molecule has 0 aromatic heterocycles. The highest BCUT2D eigenvalue weighted by Crippen LogP contribution is 2.31. The van der Waals surface area contributed by atoms with E-state index in [0.717, 1.165) is 11.4 Å². The second-order valence-electron chi connectivity index (χ2n) is 8.03. The molecule has 3 aromatic carbocycles. The molecule has 36 heavy (non-hydrogen) atoms. The van der Waals surface area contributed by atoms with Crippen molar-refractivity contribution in [2.24, 2.45) is 0 Å². The van der Waals surface area contributed by atoms with E-state index in [1.165, 1.54) is 41.7 Å². The summed E-state index contributed by atoms with van der Waals surface area (Å²) in [4.78, 5) is 15.0. The van der Waals surface area contributed by atoms with Crippen molar-refractivity contribution in [3.8, 4) is 11.5 Å². The zero-order chi connectivity index (χ0) is 25.9. The Morgan fingerprint density at radius 3 is 2.19 bits per heavy atom. The summed E-state index contributed by atoms with van der Waals surface area (Å²) in [6.07, 6.45) is 0. The first-order chi connectivity index (χ1) is 17.2. The van der Waals surface area contributed by atoms with Crippen molar-refractivity contribution in [2.45, 2.75) is 4.90 Å². The molecule has 8 nitrogen and oxygen atoms in total. The predicted octanol–water partition coefficient (Wildman–Crippen LogP) is 4.77. The normalized spacial score (nSPS) is 14.4. The van der Waals surface area contributed by atoms with Crippen molar-refractivity contribution >= 4 is 50.5 Å². The Labute approximate surface area is 220 Å². The van der Waals surface area contributed by atoms with Gasteiger partial charge in [-0.05, 0) is 60.7 Å². The minimum absolute atomic E-state index is 0.0544. The first kappa shape index (κ1) is 26.1. The summed E-state index contributed by atoms with van der Waals surface area (Å²) in [5.41, 5.74) is 1.42. The van der Waals surface area contributed by atoms with Gasteiger partial charge in [0.1, 0.15) is 11.5 Å². The number of carbonyl (C=O) groups is 1. The monoisotopic (exact) mass is 549 g/mol. The Bertz CT molecular complexity index is 1360. The molecule has 1 fully saturated rings. The van der Waals surface area contributed by atoms with Gasteiger partial charge in [-0.25, -0.2) is 8.42 Å². The number of amides is 1. The number of sulfonamides is 1. The van der Waals surface area contributed by atoms with E-state index in [4.69, 9.17) is 32.7 Å². The molecule has 0 saturated carbocycles. The molecular weight excluding hydrogens is 525 g/mol. The van der Waals surface area contributed by atoms with Crippen LogP contribution in [0.2, 0.25) is 10.0 Å². The van der Waals surface area contributed by atoms with Crippen LogP contribution in [0.25, 0.3) is 0 Å². The van der Waals surface area contributed by atoms with E-state index in [1.54, 1.807) is 13.2 Å². The maximum atomic E-state index is 13.4. The molecule has 1 aliphatic heterocycles. The van der Waals surface area contributed by atoms with Gasteiger partial charge >= 0.3 is 0 Å². The Hall–Kier alpha value is -2.98. The molecule has 1 N–H and O–H groups in total. The standard InChI is InChI=1S/C25H25Cl2N3O5S/c1-34-19-6-4-18(5-7-19)29-11-13-30(14-12-29)36(32,33)20-8-10-24(35-2)23(16-20)28-25(31)21-9-3-17(26)15-22(21)27/h3-10,15-16H,11-14H2,1-2H3,(H,28,31). The summed E-state index contributed by atoms with van der Waals surface area (Å²) in [6.45, 7) is 1.73. The van der Waals surface area contributed by atoms with Crippen molar-refractivity contribution < 1.29 is 22.7 Å². The number of methoxy groups -OCH3 is 2. The largest absolute Gasteiger partial charge is 0.497 e. The summed E-state index contributed by atoms with van der Waals surface area (Å²) in [7, 11) is -0.754. The topological polar surface area (TPSA) is 88.2 Å². The number of carbonyl (C=O) groups excluding carboxylic acids is 1. The van der Waals surface area contributed by atoms with E-state index in [2.05, 4.69) is 10.2 Å². The van der Waals surface area contributed by atoms with Crippen LogP contribution in [0.5, 0.6) is 11.5 Å². The summed E-state index contributed by atoms with van der Waals surface area (Å²) < 4.78 is 38.8. The van der Waals surface area contributed by atoms with Gasteiger partial charge in [-0.2, -0.15) is 4.31 Å². The molecule has 0 unspecified atom stereocenters. The Kier molecular flexibility index (Phi) is 7.94. The smallest absolute Gasteiger partial charge is 0.257 e. The van der Waals surface area contributed by atoms with E-state index in [9.17, 15) is 13.2 Å². The Morgan fingerprint density at radius 1 is 0.889 bits per heavy atom. The lowest BCUT2D eigenvalue weighted by atomic mass is 10.2. The fraction of sp³-hybridized carbons (Fsp3) is 0.240. The van der Waals surface area contributed by atoms with Crippen LogP contribution >= 0.6 is 23.2 Å². The lowest BCUT2D eigenvalue weighted by molar-refractivity contribution is 0.102. The van der Waals surface area contributed by atoms with Crippen LogP contribution in [-0.2, 0) is 10.0 Å². The van der Waals surface area contributed by atoms with Crippen molar-refractivity contribution in [2.75, 3.05) is 50.6 Å². The molecule has 4 rings (SSSR count). The summed E-state index contributed by atoms with van der Waals surface area (Å²) in [5, 5.41) is 3.27. The second kappa shape index (κ2) is 11.0. The molecule has 11 heteroatoms. The van der Waals surface area contributed by atoms with Gasteiger partial charge in [0.15, 0.2) is 0 Å². The number of hydrogen-bond donors (Lipinski definition) is 1. The van der Waals surface area contributed by atoms with Crippen molar-refractivity contribution in [1.82, 2.24) is 4.31 Å². The van der Waals surface area contributed by atoms with Gasteiger partial charge in [-0.1, -0.05) is 23.2 Å². The molecular formula is C25H25Cl2N3O5S. The molecule has 0 aliphatic carbocycles. The second-order valence-corrected chi connectivity index (χ2v) is 10.8. The first-order valence-electron chi connectivity index (χ1n) is 11.1. The molecule has 190 valence electrons. The predicted molar refractivity (Wildman–Crippen MR) is 141 cm³/mol. The zero-order valence-electron chi connectivity index (χ0n) is 19.7. The maximum absolute atomic E-state index is 13.4. The van der Waals surface area contributed by atoms with Gasteiger partial charge < -0.3 is 19.7 Å². The van der Waals surface area contributed by atoms with Crippen molar-refractivity contribution in [3.63, 3.8) is 0 Å². The van der Waals surface area contributed by atoms with Gasteiger partial charge in [-0.3, -0.25) is 4.79 Å². The maximum Gasteiger partial charge on any atom is 0.257 e. The Morgan fingerprint density at radius 2 is 1.58 bits per heavy atom. The lowest BCUT2D eigenvalue weighted by Gasteiger charge is -2.35. The number of hydrogen-bond acceptors (Lipinski definition) is 6. The minimum atomic E-state index is -3.80. The molecule has 0 bridgehead atoms. The van der Waals surface area contributed by atoms with E-state index in [1.807, 2.05) is 24.3 Å². The first-order valence-corrected chi connectivity index (χ1v) is 13.3. The van der Waals surface area contributed by atoms with Crippen LogP contribution in [0, 0.1) is 0 Å². The minimum Gasteiger partial charge on any atom is -0.497 e. The lowest BCUT2D eigenvalue weighted by Crippen LogP contribution is -2.48. The van der Waals surface area contributed by atoms with Gasteiger partial charge in [0.25, 0.3) is 5.91 Å². The van der Waals surface area contributed by atoms with Crippen LogP contribution in [-0.4, -0.2) is 59.0 Å². The average molecular weight is 550 g/mol. The van der Waals surface area contributed by atoms with Crippen LogP contribution in [0.3, 0.4) is 0 Å². The van der Waals surface area contributed by atoms with Crippen LogP contribution in [0.1, 0.15) is 10.4 Å². The molecule has 1 aliphatic rings. The number of nitrogens with one attached hydrogen (secondary N) is 1. The van der Waals surface area contributed by atoms with Gasteiger partial charge in [0, 0.05) is 36.9 Å². The summed E-state index contributed by atoms with van der Waals surface area (Å²) >= 11 is 12.1. The number of rotatable bonds is 7. The highest BCUT2D eigenvalue weighted by molar-refractivity contribution is 7.89. The van der Waals surface area contributed by atoms with E-state index >= 15 is 0 Å². The van der Waals surface area contributed by atoms with E-state index in [0.29, 0.717) is 37.0 Å². The number of anilines is 2. The summed E-state index contributed by atoms with van der Waals surface area (Å²) in [6, 6.07) is 16.5. The number of halogens is 2. The molecule has 3 aromatic rings. The van der Waals surface area contributed by atoms with Crippen molar-refractivity contribution in [1.29, 1.82) is 0 Å². The highest BCUT2D eigenvalue weighted by Gasteiger charge is 2.29. The molecule has 1 saturated heterocycles. The number of nitrogens with zero attached hydrogens (tertiary/aromatic N) is 2. The van der Waals surface area contributed by atoms with Crippen molar-refractivity contribution in [3.05, 3.63) is 76.3 Å². The van der Waals surface area contributed by atoms with Gasteiger partial charge in [0.2, 0.25) is 10.0 Å². The molecule has 1 heterocycles. The third-order valence-corrected chi connectivity index (χ3v) is 8.35. The fourth-order valence-electron chi connectivity index (χ4n) is 3.94. The third-order valence-electron chi connectivity index (χ3n) is 5.91. The highest BCUT2D eigenvalue weighted by atomic mass is 35.5. The van der Waals surface area contributed by atoms with Crippen LogP contribution in [0.4, 0.5) is 11.4 Å². The molecule has 0 radical (unpaired) electrons. The number of piperazine rings is 1. The van der Waals surface area contributed by atoms with Crippen LogP contribution in [0.15, 0.2) is 65.6 Å². The van der Waals surface area contributed by atoms with E-state index in [-0.39, 0.29) is 21.2 Å². The van der Waals surface area contributed by atoms with Gasteiger partial charge in [0.05, 0.1) is 35.4 Å². The van der Waals surface area contributed by atoms with Crippen LogP contribution < -0.4 is 19.7 Å². The Balaban J connectivity index is 1.51.